The molecule has 0 spiro atoms. The van der Waals surface area contributed by atoms with E-state index in [0.717, 1.165) is 11.0 Å². The van der Waals surface area contributed by atoms with Crippen LogP contribution in [-0.4, -0.2) is 45.1 Å². The number of ether oxygens (including phenoxy) is 1. The highest BCUT2D eigenvalue weighted by Gasteiger charge is 2.22. The third-order valence-electron chi connectivity index (χ3n) is 3.91. The number of aromatic nitrogens is 2. The highest BCUT2D eigenvalue weighted by atomic mass is 16.5. The van der Waals surface area contributed by atoms with Crippen LogP contribution in [0.2, 0.25) is 0 Å². The van der Waals surface area contributed by atoms with E-state index in [1.165, 1.54) is 0 Å². The van der Waals surface area contributed by atoms with Crippen LogP contribution in [0.5, 0.6) is 0 Å². The van der Waals surface area contributed by atoms with Gasteiger partial charge in [-0.25, -0.2) is 4.79 Å². The normalized spacial score (nSPS) is 11.2. The molecule has 2 rings (SSSR count). The van der Waals surface area contributed by atoms with Crippen molar-refractivity contribution in [3.05, 3.63) is 24.0 Å². The zero-order valence-corrected chi connectivity index (χ0v) is 14.5. The van der Waals surface area contributed by atoms with Gasteiger partial charge in [-0.15, -0.1) is 0 Å². The number of hydrogen-bond acceptors (Lipinski definition) is 3. The molecule has 2 aromatic heterocycles. The topological polar surface area (TPSA) is 56.5 Å². The zero-order chi connectivity index (χ0) is 17.1. The van der Waals surface area contributed by atoms with E-state index in [2.05, 4.69) is 0 Å². The summed E-state index contributed by atoms with van der Waals surface area (Å²) in [6.07, 6.45) is 1.72. The number of fused-ring (bicyclic) bond motifs is 1. The Balaban J connectivity index is 2.42. The number of nitrogens with zero attached hydrogens (tertiary/aromatic N) is 3. The summed E-state index contributed by atoms with van der Waals surface area (Å²) in [5.74, 6) is -0.404. The molecule has 0 aromatic carbocycles. The van der Waals surface area contributed by atoms with E-state index in [-0.39, 0.29) is 18.6 Å². The van der Waals surface area contributed by atoms with Crippen LogP contribution in [0.3, 0.4) is 0 Å². The summed E-state index contributed by atoms with van der Waals surface area (Å²) in [6, 6.07) is 3.70. The van der Waals surface area contributed by atoms with E-state index in [0.29, 0.717) is 18.8 Å². The Bertz CT molecular complexity index is 708. The van der Waals surface area contributed by atoms with Gasteiger partial charge in [0, 0.05) is 26.3 Å². The van der Waals surface area contributed by atoms with E-state index in [1.807, 2.05) is 51.6 Å². The molecule has 0 saturated heterocycles. The first-order valence-corrected chi connectivity index (χ1v) is 8.02. The molecule has 0 radical (unpaired) electrons. The Labute approximate surface area is 136 Å². The van der Waals surface area contributed by atoms with Crippen molar-refractivity contribution in [1.29, 1.82) is 0 Å². The fraction of sp³-hybridized carbons (Fsp3) is 0.529. The van der Waals surface area contributed by atoms with Gasteiger partial charge >= 0.3 is 5.97 Å². The summed E-state index contributed by atoms with van der Waals surface area (Å²) < 4.78 is 9.00. The van der Waals surface area contributed by atoms with Gasteiger partial charge in [-0.3, -0.25) is 4.79 Å². The van der Waals surface area contributed by atoms with Crippen molar-refractivity contribution in [2.24, 2.45) is 7.05 Å². The predicted molar refractivity (Wildman–Crippen MR) is 89.4 cm³/mol. The van der Waals surface area contributed by atoms with Crippen molar-refractivity contribution in [3.63, 3.8) is 0 Å². The minimum atomic E-state index is -0.399. The van der Waals surface area contributed by atoms with Gasteiger partial charge in [0.05, 0.1) is 17.1 Å². The molecule has 0 N–H and O–H groups in total. The van der Waals surface area contributed by atoms with Crippen LogP contribution in [-0.2, 0) is 23.1 Å². The molecule has 126 valence electrons. The second-order valence-corrected chi connectivity index (χ2v) is 5.83. The molecule has 23 heavy (non-hydrogen) atoms. The number of amides is 1. The smallest absolute Gasteiger partial charge is 0.355 e. The van der Waals surface area contributed by atoms with Gasteiger partial charge in [0.25, 0.3) is 0 Å². The number of rotatable bonds is 6. The van der Waals surface area contributed by atoms with Crippen LogP contribution < -0.4 is 0 Å². The molecule has 0 fully saturated rings. The Morgan fingerprint density at radius 1 is 1.22 bits per heavy atom. The first-order chi connectivity index (χ1) is 10.9. The van der Waals surface area contributed by atoms with E-state index in [9.17, 15) is 9.59 Å². The summed E-state index contributed by atoms with van der Waals surface area (Å²) in [6.45, 7) is 8.96. The average Bonchev–Trinajstić information content (AvgIpc) is 3.01. The predicted octanol–water partition coefficient (Wildman–Crippen LogP) is 2.41. The number of esters is 1. The third-order valence-corrected chi connectivity index (χ3v) is 3.91. The van der Waals surface area contributed by atoms with Crippen molar-refractivity contribution >= 4 is 22.9 Å². The molecule has 0 saturated carbocycles. The lowest BCUT2D eigenvalue weighted by Gasteiger charge is -2.20. The lowest BCUT2D eigenvalue weighted by atomic mass is 10.4. The summed E-state index contributed by atoms with van der Waals surface area (Å²) >= 11 is 0. The largest absolute Gasteiger partial charge is 0.458 e. The van der Waals surface area contributed by atoms with Crippen LogP contribution in [0.25, 0.3) is 11.0 Å². The van der Waals surface area contributed by atoms with Crippen LogP contribution in [0.1, 0.15) is 38.2 Å². The number of carbonyl (C=O) groups is 2. The van der Waals surface area contributed by atoms with Crippen molar-refractivity contribution in [3.8, 4) is 0 Å². The van der Waals surface area contributed by atoms with Crippen molar-refractivity contribution in [2.75, 3.05) is 13.1 Å². The maximum atomic E-state index is 12.5. The second-order valence-electron chi connectivity index (χ2n) is 5.83. The second kappa shape index (κ2) is 6.89. The van der Waals surface area contributed by atoms with Gasteiger partial charge in [0.1, 0.15) is 12.2 Å². The highest BCUT2D eigenvalue weighted by Crippen LogP contribution is 2.22. The monoisotopic (exact) mass is 319 g/mol. The quantitative estimate of drug-likeness (QED) is 0.768. The van der Waals surface area contributed by atoms with Crippen molar-refractivity contribution in [2.45, 2.75) is 40.3 Å². The van der Waals surface area contributed by atoms with E-state index in [1.54, 1.807) is 15.5 Å². The fourth-order valence-corrected chi connectivity index (χ4v) is 2.70. The third kappa shape index (κ3) is 3.41. The zero-order valence-electron chi connectivity index (χ0n) is 14.5. The van der Waals surface area contributed by atoms with Crippen LogP contribution in [0.15, 0.2) is 18.3 Å². The van der Waals surface area contributed by atoms with Crippen molar-refractivity contribution < 1.29 is 14.3 Å². The average molecular weight is 319 g/mol. The van der Waals surface area contributed by atoms with E-state index < -0.39 is 5.97 Å². The standard InChI is InChI=1S/C17H25N3O3/c1-6-19(7-2)16(21)11-20-13-8-9-18(5)14(13)10-15(20)17(22)23-12(3)4/h8-10,12H,6-7,11H2,1-5H3. The maximum Gasteiger partial charge on any atom is 0.355 e. The van der Waals surface area contributed by atoms with Gasteiger partial charge in [-0.2, -0.15) is 0 Å². The minimum Gasteiger partial charge on any atom is -0.458 e. The highest BCUT2D eigenvalue weighted by molar-refractivity contribution is 5.96. The molecule has 2 heterocycles. The molecule has 0 aliphatic heterocycles. The summed E-state index contributed by atoms with van der Waals surface area (Å²) in [7, 11) is 1.91. The SMILES string of the molecule is CCN(CC)C(=O)Cn1c(C(=O)OC(C)C)cc2c1ccn2C. The fourth-order valence-electron chi connectivity index (χ4n) is 2.70. The minimum absolute atomic E-state index is 0.00468. The van der Waals surface area contributed by atoms with Gasteiger partial charge in [0.2, 0.25) is 5.91 Å². The van der Waals surface area contributed by atoms with Gasteiger partial charge in [-0.1, -0.05) is 0 Å². The summed E-state index contributed by atoms with van der Waals surface area (Å²) in [5.41, 5.74) is 2.19. The summed E-state index contributed by atoms with van der Waals surface area (Å²) in [5, 5.41) is 0. The number of hydrogen-bond donors (Lipinski definition) is 0. The number of aryl methyl sites for hydroxylation is 1. The molecule has 0 aliphatic rings. The Morgan fingerprint density at radius 2 is 1.87 bits per heavy atom. The molecule has 1 amide bonds. The first kappa shape index (κ1) is 17.1. The molecule has 6 heteroatoms. The molecular formula is C17H25N3O3. The summed E-state index contributed by atoms with van der Waals surface area (Å²) in [4.78, 5) is 26.6. The van der Waals surface area contributed by atoms with Crippen LogP contribution >= 0.6 is 0 Å². The Kier molecular flexibility index (Phi) is 5.13. The van der Waals surface area contributed by atoms with E-state index >= 15 is 0 Å². The molecule has 0 aliphatic carbocycles. The Morgan fingerprint density at radius 3 is 2.43 bits per heavy atom. The van der Waals surface area contributed by atoms with Gasteiger partial charge in [-0.05, 0) is 39.8 Å². The van der Waals surface area contributed by atoms with Gasteiger partial charge < -0.3 is 18.8 Å². The van der Waals surface area contributed by atoms with Crippen LogP contribution in [0, 0.1) is 0 Å². The van der Waals surface area contributed by atoms with E-state index in [4.69, 9.17) is 4.74 Å². The molecule has 0 atom stereocenters. The maximum absolute atomic E-state index is 12.5. The molecule has 2 aromatic rings. The molecular weight excluding hydrogens is 294 g/mol. The van der Waals surface area contributed by atoms with Crippen LogP contribution in [0.4, 0.5) is 0 Å². The first-order valence-electron chi connectivity index (χ1n) is 8.02. The van der Waals surface area contributed by atoms with Crippen molar-refractivity contribution in [1.82, 2.24) is 14.0 Å². The lowest BCUT2D eigenvalue weighted by Crippen LogP contribution is -2.34. The lowest BCUT2D eigenvalue weighted by molar-refractivity contribution is -0.131. The molecule has 6 nitrogen and oxygen atoms in total. The Hall–Kier alpha value is -2.24. The number of likely N-dealkylation sites (N-methyl/N-ethyl adjacent to an activating group) is 1. The van der Waals surface area contributed by atoms with Gasteiger partial charge in [0.15, 0.2) is 0 Å². The molecule has 0 unspecified atom stereocenters. The molecule has 0 bridgehead atoms. The number of carbonyl (C=O) groups excluding carboxylic acids is 2.